The highest BCUT2D eigenvalue weighted by molar-refractivity contribution is 5.77. The summed E-state index contributed by atoms with van der Waals surface area (Å²) in [6.45, 7) is 11.8. The monoisotopic (exact) mass is 292 g/mol. The SMILES string of the molecule is CC.CCNCC(=O)NCCCCCCCCOCC.[HH].[HH]. The van der Waals surface area contributed by atoms with Crippen LogP contribution in [0.2, 0.25) is 0 Å². The summed E-state index contributed by atoms with van der Waals surface area (Å²) in [6, 6.07) is 0. The number of ether oxygens (including phenoxy) is 1. The van der Waals surface area contributed by atoms with E-state index in [1.807, 2.05) is 27.7 Å². The Balaban J connectivity index is -0.000000387. The average Bonchev–Trinajstić information content (AvgIpc) is 2.49. The molecule has 20 heavy (non-hydrogen) atoms. The van der Waals surface area contributed by atoms with Crippen molar-refractivity contribution in [3.63, 3.8) is 0 Å². The summed E-state index contributed by atoms with van der Waals surface area (Å²) in [6.07, 6.45) is 7.26. The number of rotatable bonds is 13. The minimum atomic E-state index is 0. The molecule has 0 bridgehead atoms. The Bertz CT molecular complexity index is 197. The summed E-state index contributed by atoms with van der Waals surface area (Å²) in [7, 11) is 0. The van der Waals surface area contributed by atoms with Gasteiger partial charge in [0.2, 0.25) is 5.91 Å². The lowest BCUT2D eigenvalue weighted by molar-refractivity contribution is -0.120. The molecule has 4 heteroatoms. The molecule has 0 aliphatic heterocycles. The van der Waals surface area contributed by atoms with E-state index in [9.17, 15) is 4.79 Å². The molecule has 1 amide bonds. The molecule has 0 spiro atoms. The average molecular weight is 293 g/mol. The second kappa shape index (κ2) is 20.7. The van der Waals surface area contributed by atoms with E-state index in [0.29, 0.717) is 6.54 Å². The number of carbonyl (C=O) groups is 1. The standard InChI is InChI=1S/C14H30N2O2.C2H6.2H2/c1-3-15-13-14(17)16-11-9-7-5-6-8-10-12-18-4-2;1-2;;/h15H,3-13H2,1-2H3,(H,16,17);1-2H3;2*1H. The number of unbranched alkanes of at least 4 members (excludes halogenated alkanes) is 5. The molecule has 0 rings (SSSR count). The first-order valence-electron chi connectivity index (χ1n) is 8.36. The second-order valence-corrected chi connectivity index (χ2v) is 4.45. The molecular weight excluding hydrogens is 252 g/mol. The van der Waals surface area contributed by atoms with Gasteiger partial charge in [-0.2, -0.15) is 0 Å². The lowest BCUT2D eigenvalue weighted by atomic mass is 10.1. The van der Waals surface area contributed by atoms with Gasteiger partial charge in [0.1, 0.15) is 0 Å². The fourth-order valence-corrected chi connectivity index (χ4v) is 1.71. The van der Waals surface area contributed by atoms with Crippen LogP contribution in [-0.4, -0.2) is 38.8 Å². The van der Waals surface area contributed by atoms with E-state index in [1.54, 1.807) is 0 Å². The first-order valence-corrected chi connectivity index (χ1v) is 8.36. The number of likely N-dealkylation sites (N-methyl/N-ethyl adjacent to an activating group) is 1. The third-order valence-electron chi connectivity index (χ3n) is 2.78. The van der Waals surface area contributed by atoms with Crippen LogP contribution in [0.3, 0.4) is 0 Å². The first kappa shape index (κ1) is 21.7. The maximum atomic E-state index is 11.3. The van der Waals surface area contributed by atoms with Gasteiger partial charge in [-0.1, -0.05) is 46.5 Å². The number of amides is 1. The topological polar surface area (TPSA) is 50.4 Å². The van der Waals surface area contributed by atoms with Gasteiger partial charge >= 0.3 is 0 Å². The molecule has 2 N–H and O–H groups in total. The predicted octanol–water partition coefficient (Wildman–Crippen LogP) is 3.61. The third-order valence-corrected chi connectivity index (χ3v) is 2.78. The van der Waals surface area contributed by atoms with Gasteiger partial charge in [-0.15, -0.1) is 0 Å². The highest BCUT2D eigenvalue weighted by Gasteiger charge is 1.98. The van der Waals surface area contributed by atoms with Crippen LogP contribution >= 0.6 is 0 Å². The number of carbonyl (C=O) groups excluding carboxylic acids is 1. The van der Waals surface area contributed by atoms with Crippen LogP contribution in [0.15, 0.2) is 0 Å². The Morgan fingerprint density at radius 1 is 1.00 bits per heavy atom. The summed E-state index contributed by atoms with van der Waals surface area (Å²) in [5.74, 6) is 0.105. The Labute approximate surface area is 129 Å². The van der Waals surface area contributed by atoms with Gasteiger partial charge in [-0.3, -0.25) is 4.79 Å². The Hall–Kier alpha value is -0.610. The van der Waals surface area contributed by atoms with Gasteiger partial charge in [-0.05, 0) is 26.3 Å². The van der Waals surface area contributed by atoms with Crippen LogP contribution in [0.4, 0.5) is 0 Å². The maximum Gasteiger partial charge on any atom is 0.233 e. The summed E-state index contributed by atoms with van der Waals surface area (Å²) >= 11 is 0. The van der Waals surface area contributed by atoms with Gasteiger partial charge in [0.15, 0.2) is 0 Å². The van der Waals surface area contributed by atoms with Gasteiger partial charge in [0.05, 0.1) is 6.54 Å². The van der Waals surface area contributed by atoms with E-state index in [-0.39, 0.29) is 8.76 Å². The largest absolute Gasteiger partial charge is 0.382 e. The normalized spacial score (nSPS) is 9.80. The zero-order chi connectivity index (χ0) is 15.5. The van der Waals surface area contributed by atoms with Gasteiger partial charge in [0.25, 0.3) is 0 Å². The van der Waals surface area contributed by atoms with E-state index in [2.05, 4.69) is 10.6 Å². The summed E-state index contributed by atoms with van der Waals surface area (Å²) in [5, 5.41) is 5.92. The smallest absolute Gasteiger partial charge is 0.233 e. The fourth-order valence-electron chi connectivity index (χ4n) is 1.71. The molecule has 0 unspecified atom stereocenters. The van der Waals surface area contributed by atoms with Crippen molar-refractivity contribution in [3.05, 3.63) is 0 Å². The minimum absolute atomic E-state index is 0. The van der Waals surface area contributed by atoms with Crippen LogP contribution < -0.4 is 10.6 Å². The van der Waals surface area contributed by atoms with Crippen molar-refractivity contribution in [1.29, 1.82) is 0 Å². The Kier molecular flexibility index (Phi) is 22.4. The zero-order valence-electron chi connectivity index (χ0n) is 14.1. The highest BCUT2D eigenvalue weighted by atomic mass is 16.5. The van der Waals surface area contributed by atoms with E-state index in [4.69, 9.17) is 4.74 Å². The van der Waals surface area contributed by atoms with E-state index >= 15 is 0 Å². The van der Waals surface area contributed by atoms with Crippen molar-refractivity contribution in [2.45, 2.75) is 66.2 Å². The molecule has 0 fully saturated rings. The molecule has 0 saturated heterocycles. The lowest BCUT2D eigenvalue weighted by Crippen LogP contribution is -2.34. The molecule has 0 atom stereocenters. The molecule has 0 heterocycles. The molecule has 0 aliphatic carbocycles. The van der Waals surface area contributed by atoms with Crippen LogP contribution in [-0.2, 0) is 9.53 Å². The third kappa shape index (κ3) is 19.7. The first-order chi connectivity index (χ1) is 9.81. The van der Waals surface area contributed by atoms with Crippen LogP contribution in [0.25, 0.3) is 0 Å². The molecular formula is C16H40N2O2. The molecule has 0 aliphatic rings. The summed E-state index contributed by atoms with van der Waals surface area (Å²) in [5.41, 5.74) is 0. The molecule has 0 radical (unpaired) electrons. The van der Waals surface area contributed by atoms with Crippen molar-refractivity contribution < 1.29 is 12.4 Å². The Morgan fingerprint density at radius 2 is 1.60 bits per heavy atom. The van der Waals surface area contributed by atoms with Crippen LogP contribution in [0.5, 0.6) is 0 Å². The predicted molar refractivity (Wildman–Crippen MR) is 91.3 cm³/mol. The molecule has 0 aromatic heterocycles. The number of hydrogen-bond acceptors (Lipinski definition) is 3. The van der Waals surface area contributed by atoms with Crippen molar-refractivity contribution in [1.82, 2.24) is 10.6 Å². The van der Waals surface area contributed by atoms with E-state index in [1.165, 1.54) is 32.1 Å². The van der Waals surface area contributed by atoms with Gasteiger partial charge in [-0.25, -0.2) is 0 Å². The van der Waals surface area contributed by atoms with Gasteiger partial charge in [0, 0.05) is 22.6 Å². The van der Waals surface area contributed by atoms with Crippen LogP contribution in [0.1, 0.15) is 69.1 Å². The van der Waals surface area contributed by atoms with Gasteiger partial charge < -0.3 is 15.4 Å². The molecule has 0 aromatic rings. The zero-order valence-corrected chi connectivity index (χ0v) is 14.1. The minimum Gasteiger partial charge on any atom is -0.382 e. The van der Waals surface area contributed by atoms with Crippen molar-refractivity contribution in [3.8, 4) is 0 Å². The highest BCUT2D eigenvalue weighted by Crippen LogP contribution is 2.04. The summed E-state index contributed by atoms with van der Waals surface area (Å²) < 4.78 is 5.28. The summed E-state index contributed by atoms with van der Waals surface area (Å²) in [4.78, 5) is 11.3. The molecule has 4 nitrogen and oxygen atoms in total. The molecule has 0 saturated carbocycles. The fraction of sp³-hybridized carbons (Fsp3) is 0.938. The quantitative estimate of drug-likeness (QED) is 0.510. The van der Waals surface area contributed by atoms with Crippen molar-refractivity contribution in [2.24, 2.45) is 0 Å². The number of nitrogens with one attached hydrogen (secondary N) is 2. The van der Waals surface area contributed by atoms with E-state index in [0.717, 1.165) is 32.7 Å². The molecule has 126 valence electrons. The van der Waals surface area contributed by atoms with Crippen molar-refractivity contribution >= 4 is 5.91 Å². The van der Waals surface area contributed by atoms with Crippen LogP contribution in [0, 0.1) is 0 Å². The van der Waals surface area contributed by atoms with Crippen molar-refractivity contribution in [2.75, 3.05) is 32.8 Å². The second-order valence-electron chi connectivity index (χ2n) is 4.45. The molecule has 0 aromatic carbocycles. The Morgan fingerprint density at radius 3 is 2.20 bits per heavy atom. The maximum absolute atomic E-state index is 11.3. The van der Waals surface area contributed by atoms with E-state index < -0.39 is 0 Å². The number of hydrogen-bond donors (Lipinski definition) is 2. The lowest BCUT2D eigenvalue weighted by Gasteiger charge is -2.05.